The second-order valence-electron chi connectivity index (χ2n) is 7.25. The summed E-state index contributed by atoms with van der Waals surface area (Å²) in [6, 6.07) is 14.2. The van der Waals surface area contributed by atoms with Crippen LogP contribution in [-0.2, 0) is 28.9 Å². The van der Waals surface area contributed by atoms with Crippen LogP contribution < -0.4 is 10.2 Å². The molecule has 0 aromatic heterocycles. The first kappa shape index (κ1) is 16.8. The maximum absolute atomic E-state index is 12.6. The van der Waals surface area contributed by atoms with Crippen molar-refractivity contribution in [2.45, 2.75) is 39.0 Å². The molecule has 1 N–H and O–H groups in total. The van der Waals surface area contributed by atoms with E-state index >= 15 is 0 Å². The van der Waals surface area contributed by atoms with E-state index in [1.165, 1.54) is 23.1 Å². The predicted molar refractivity (Wildman–Crippen MR) is 103 cm³/mol. The van der Waals surface area contributed by atoms with Crippen LogP contribution in [0.2, 0.25) is 0 Å². The van der Waals surface area contributed by atoms with E-state index < -0.39 is 0 Å². The number of hydrogen-bond donors (Lipinski definition) is 1. The molecule has 1 saturated heterocycles. The lowest BCUT2D eigenvalue weighted by Crippen LogP contribution is -2.28. The van der Waals surface area contributed by atoms with Crippen LogP contribution in [0.3, 0.4) is 0 Å². The standard InChI is InChI=1S/C22H24N2O2/c1-2-15-6-10-20(11-7-15)24-14-18(13-21(24)25)22(26)23-19-9-8-16-4-3-5-17(16)12-19/h6-12,18H,2-5,13-14H2,1H3,(H,23,26)/t18-/m0/s1. The van der Waals surface area contributed by atoms with Crippen LogP contribution in [0.25, 0.3) is 0 Å². The Bertz CT molecular complexity index is 842. The third-order valence-electron chi connectivity index (χ3n) is 5.52. The molecule has 1 heterocycles. The summed E-state index contributed by atoms with van der Waals surface area (Å²) < 4.78 is 0. The predicted octanol–water partition coefficient (Wildman–Crippen LogP) is 3.73. The number of hydrogen-bond acceptors (Lipinski definition) is 2. The molecule has 4 nitrogen and oxygen atoms in total. The number of benzene rings is 2. The van der Waals surface area contributed by atoms with Gasteiger partial charge in [0.1, 0.15) is 0 Å². The van der Waals surface area contributed by atoms with Gasteiger partial charge >= 0.3 is 0 Å². The third kappa shape index (κ3) is 3.24. The average molecular weight is 348 g/mol. The fourth-order valence-corrected chi connectivity index (χ4v) is 3.94. The Morgan fingerprint density at radius 1 is 1.12 bits per heavy atom. The molecule has 1 aliphatic carbocycles. The first-order valence-electron chi connectivity index (χ1n) is 9.46. The molecule has 2 aliphatic rings. The molecule has 134 valence electrons. The number of nitrogens with one attached hydrogen (secondary N) is 1. The largest absolute Gasteiger partial charge is 0.326 e. The fourth-order valence-electron chi connectivity index (χ4n) is 3.94. The Balaban J connectivity index is 1.43. The molecular formula is C22H24N2O2. The summed E-state index contributed by atoms with van der Waals surface area (Å²) in [6.45, 7) is 2.55. The van der Waals surface area contributed by atoms with E-state index in [0.717, 1.165) is 30.6 Å². The van der Waals surface area contributed by atoms with Crippen molar-refractivity contribution in [1.82, 2.24) is 0 Å². The van der Waals surface area contributed by atoms with Gasteiger partial charge in [0.15, 0.2) is 0 Å². The molecule has 1 fully saturated rings. The summed E-state index contributed by atoms with van der Waals surface area (Å²) >= 11 is 0. The first-order chi connectivity index (χ1) is 12.6. The second kappa shape index (κ2) is 6.94. The van der Waals surface area contributed by atoms with Gasteiger partial charge in [-0.25, -0.2) is 0 Å². The van der Waals surface area contributed by atoms with Gasteiger partial charge < -0.3 is 10.2 Å². The van der Waals surface area contributed by atoms with E-state index in [1.54, 1.807) is 4.90 Å². The average Bonchev–Trinajstić information content (AvgIpc) is 3.28. The molecule has 2 aromatic carbocycles. The maximum Gasteiger partial charge on any atom is 0.229 e. The van der Waals surface area contributed by atoms with Crippen LogP contribution in [-0.4, -0.2) is 18.4 Å². The summed E-state index contributed by atoms with van der Waals surface area (Å²) in [7, 11) is 0. The van der Waals surface area contributed by atoms with Crippen LogP contribution in [0.4, 0.5) is 11.4 Å². The lowest BCUT2D eigenvalue weighted by atomic mass is 10.1. The minimum Gasteiger partial charge on any atom is -0.326 e. The first-order valence-corrected chi connectivity index (χ1v) is 9.46. The number of fused-ring (bicyclic) bond motifs is 1. The summed E-state index contributed by atoms with van der Waals surface area (Å²) in [4.78, 5) is 26.8. The Morgan fingerprint density at radius 2 is 1.88 bits per heavy atom. The number of carbonyl (C=O) groups is 2. The Kier molecular flexibility index (Phi) is 4.49. The lowest BCUT2D eigenvalue weighted by molar-refractivity contribution is -0.122. The van der Waals surface area contributed by atoms with Crippen molar-refractivity contribution in [1.29, 1.82) is 0 Å². The normalized spacial score (nSPS) is 18.9. The number of nitrogens with zero attached hydrogens (tertiary/aromatic N) is 1. The van der Waals surface area contributed by atoms with Gasteiger partial charge in [-0.15, -0.1) is 0 Å². The number of carbonyl (C=O) groups excluding carboxylic acids is 2. The highest BCUT2D eigenvalue weighted by atomic mass is 16.2. The molecule has 1 aliphatic heterocycles. The molecule has 1 atom stereocenters. The van der Waals surface area contributed by atoms with Crippen molar-refractivity contribution in [2.24, 2.45) is 5.92 Å². The molecule has 0 spiro atoms. The van der Waals surface area contributed by atoms with Gasteiger partial charge in [0.25, 0.3) is 0 Å². The van der Waals surface area contributed by atoms with E-state index in [2.05, 4.69) is 24.4 Å². The van der Waals surface area contributed by atoms with Gasteiger partial charge in [0, 0.05) is 24.3 Å². The number of anilines is 2. The van der Waals surface area contributed by atoms with Crippen LogP contribution in [0, 0.1) is 5.92 Å². The molecular weight excluding hydrogens is 324 g/mol. The van der Waals surface area contributed by atoms with E-state index in [1.807, 2.05) is 30.3 Å². The topological polar surface area (TPSA) is 49.4 Å². The van der Waals surface area contributed by atoms with Gasteiger partial charge in [0.2, 0.25) is 11.8 Å². The Morgan fingerprint density at radius 3 is 2.65 bits per heavy atom. The monoisotopic (exact) mass is 348 g/mol. The molecule has 0 saturated carbocycles. The Labute approximate surface area is 154 Å². The third-order valence-corrected chi connectivity index (χ3v) is 5.52. The highest BCUT2D eigenvalue weighted by Gasteiger charge is 2.35. The Hall–Kier alpha value is -2.62. The molecule has 26 heavy (non-hydrogen) atoms. The van der Waals surface area contributed by atoms with Crippen LogP contribution in [0.5, 0.6) is 0 Å². The number of amides is 2. The highest BCUT2D eigenvalue weighted by molar-refractivity contribution is 6.03. The van der Waals surface area contributed by atoms with Crippen molar-refractivity contribution in [3.63, 3.8) is 0 Å². The molecule has 2 amide bonds. The van der Waals surface area contributed by atoms with Gasteiger partial charge in [-0.3, -0.25) is 9.59 Å². The second-order valence-corrected chi connectivity index (χ2v) is 7.25. The zero-order valence-electron chi connectivity index (χ0n) is 15.1. The molecule has 0 bridgehead atoms. The summed E-state index contributed by atoms with van der Waals surface area (Å²) in [5, 5.41) is 3.01. The van der Waals surface area contributed by atoms with E-state index in [4.69, 9.17) is 0 Å². The van der Waals surface area contributed by atoms with Gasteiger partial charge in [-0.05, 0) is 66.6 Å². The van der Waals surface area contributed by atoms with Gasteiger partial charge in [-0.2, -0.15) is 0 Å². The maximum atomic E-state index is 12.6. The minimum absolute atomic E-state index is 0.0170. The van der Waals surface area contributed by atoms with Crippen LogP contribution in [0.15, 0.2) is 42.5 Å². The van der Waals surface area contributed by atoms with Crippen molar-refractivity contribution >= 4 is 23.2 Å². The van der Waals surface area contributed by atoms with Crippen molar-refractivity contribution in [3.05, 3.63) is 59.2 Å². The summed E-state index contributed by atoms with van der Waals surface area (Å²) in [5.41, 5.74) is 5.68. The smallest absolute Gasteiger partial charge is 0.229 e. The fraction of sp³-hybridized carbons (Fsp3) is 0.364. The van der Waals surface area contributed by atoms with Gasteiger partial charge in [-0.1, -0.05) is 25.1 Å². The molecule has 4 heteroatoms. The lowest BCUT2D eigenvalue weighted by Gasteiger charge is -2.17. The van der Waals surface area contributed by atoms with Crippen molar-refractivity contribution < 1.29 is 9.59 Å². The van der Waals surface area contributed by atoms with Gasteiger partial charge in [0.05, 0.1) is 5.92 Å². The number of aryl methyl sites for hydroxylation is 3. The molecule has 0 radical (unpaired) electrons. The van der Waals surface area contributed by atoms with E-state index in [-0.39, 0.29) is 24.2 Å². The molecule has 2 aromatic rings. The quantitative estimate of drug-likeness (QED) is 0.915. The van der Waals surface area contributed by atoms with Crippen molar-refractivity contribution in [3.8, 4) is 0 Å². The highest BCUT2D eigenvalue weighted by Crippen LogP contribution is 2.28. The zero-order chi connectivity index (χ0) is 18.1. The molecule has 4 rings (SSSR count). The van der Waals surface area contributed by atoms with Crippen LogP contribution >= 0.6 is 0 Å². The van der Waals surface area contributed by atoms with Crippen LogP contribution in [0.1, 0.15) is 36.5 Å². The zero-order valence-corrected chi connectivity index (χ0v) is 15.1. The van der Waals surface area contributed by atoms with E-state index in [0.29, 0.717) is 6.54 Å². The van der Waals surface area contributed by atoms with Crippen molar-refractivity contribution in [2.75, 3.05) is 16.8 Å². The SMILES string of the molecule is CCc1ccc(N2C[C@@H](C(=O)Nc3ccc4c(c3)CCC4)CC2=O)cc1. The number of rotatable bonds is 4. The summed E-state index contributed by atoms with van der Waals surface area (Å²) in [5.74, 6) is -0.353. The van der Waals surface area contributed by atoms with E-state index in [9.17, 15) is 9.59 Å². The summed E-state index contributed by atoms with van der Waals surface area (Å²) in [6.07, 6.45) is 4.65. The molecule has 0 unspecified atom stereocenters. The minimum atomic E-state index is -0.304.